The zero-order valence-corrected chi connectivity index (χ0v) is 12.2. The van der Waals surface area contributed by atoms with Gasteiger partial charge in [0.1, 0.15) is 0 Å². The van der Waals surface area contributed by atoms with Crippen LogP contribution in [0, 0.1) is 5.41 Å². The molecule has 0 atom stereocenters. The van der Waals surface area contributed by atoms with Crippen molar-refractivity contribution in [3.8, 4) is 0 Å². The largest absolute Gasteiger partial charge is 0.377 e. The van der Waals surface area contributed by atoms with Crippen LogP contribution in [0.2, 0.25) is 0 Å². The highest BCUT2D eigenvalue weighted by Gasteiger charge is 2.28. The van der Waals surface area contributed by atoms with Crippen LogP contribution < -0.4 is 0 Å². The Morgan fingerprint density at radius 3 is 2.37 bits per heavy atom. The summed E-state index contributed by atoms with van der Waals surface area (Å²) in [6.45, 7) is 1.51. The molecule has 0 heterocycles. The Hall–Kier alpha value is -0.790. The van der Waals surface area contributed by atoms with Gasteiger partial charge in [-0.3, -0.25) is 0 Å². The molecule has 1 aliphatic carbocycles. The summed E-state index contributed by atoms with van der Waals surface area (Å²) in [4.78, 5) is 0. The number of ether oxygens (including phenoxy) is 1. The summed E-state index contributed by atoms with van der Waals surface area (Å²) in [6, 6.07) is 10.3. The van der Waals surface area contributed by atoms with Crippen molar-refractivity contribution in [2.24, 2.45) is 5.41 Å². The lowest BCUT2D eigenvalue weighted by molar-refractivity contribution is 0.0837. The summed E-state index contributed by atoms with van der Waals surface area (Å²) >= 11 is 6.22. The number of alkyl halides is 1. The first-order valence-electron chi connectivity index (χ1n) is 7.17. The predicted octanol–water partition coefficient (Wildman–Crippen LogP) is 4.95. The van der Waals surface area contributed by atoms with Gasteiger partial charge >= 0.3 is 0 Å². The van der Waals surface area contributed by atoms with Gasteiger partial charge in [-0.25, -0.2) is 0 Å². The minimum absolute atomic E-state index is 0.280. The Balaban J connectivity index is 1.74. The summed E-state index contributed by atoms with van der Waals surface area (Å²) < 4.78 is 5.81. The number of hydrogen-bond donors (Lipinski definition) is 0. The van der Waals surface area contributed by atoms with Crippen LogP contribution in [0.25, 0.3) is 0 Å². The molecule has 0 saturated carbocycles. The van der Waals surface area contributed by atoms with Crippen molar-refractivity contribution in [1.29, 1.82) is 0 Å². The molecule has 0 amide bonds. The Bertz CT molecular complexity index is 376. The van der Waals surface area contributed by atoms with Crippen molar-refractivity contribution < 1.29 is 4.74 Å². The molecule has 2 heteroatoms. The monoisotopic (exact) mass is 278 g/mol. The third-order valence-electron chi connectivity index (χ3n) is 4.02. The van der Waals surface area contributed by atoms with Crippen molar-refractivity contribution in [2.75, 3.05) is 12.5 Å². The Morgan fingerprint density at radius 1 is 1.05 bits per heavy atom. The third kappa shape index (κ3) is 4.67. The smallest absolute Gasteiger partial charge is 0.0716 e. The fourth-order valence-corrected chi connectivity index (χ4v) is 3.04. The maximum atomic E-state index is 6.22. The fourth-order valence-electron chi connectivity index (χ4n) is 2.64. The lowest BCUT2D eigenvalue weighted by atomic mass is 9.79. The van der Waals surface area contributed by atoms with E-state index in [-0.39, 0.29) is 5.41 Å². The Labute approximate surface area is 121 Å². The number of allylic oxidation sites excluding steroid dienone is 2. The average molecular weight is 279 g/mol. The number of rotatable bonds is 6. The molecular formula is C17H23ClO. The van der Waals surface area contributed by atoms with Gasteiger partial charge in [0, 0.05) is 12.5 Å². The van der Waals surface area contributed by atoms with Crippen LogP contribution in [0.15, 0.2) is 42.5 Å². The average Bonchev–Trinajstić information content (AvgIpc) is 2.71. The molecule has 0 radical (unpaired) electrons. The number of halogens is 1. The van der Waals surface area contributed by atoms with Crippen LogP contribution in [0.4, 0.5) is 0 Å². The molecule has 2 rings (SSSR count). The normalized spacial score (nSPS) is 18.2. The molecule has 1 aliphatic rings. The van der Waals surface area contributed by atoms with E-state index in [1.165, 1.54) is 18.4 Å². The molecule has 19 heavy (non-hydrogen) atoms. The molecule has 0 N–H and O–H groups in total. The van der Waals surface area contributed by atoms with Crippen molar-refractivity contribution in [1.82, 2.24) is 0 Å². The highest BCUT2D eigenvalue weighted by atomic mass is 35.5. The molecule has 0 aliphatic heterocycles. The maximum absolute atomic E-state index is 6.22. The third-order valence-corrected chi connectivity index (χ3v) is 4.59. The Morgan fingerprint density at radius 2 is 1.74 bits per heavy atom. The van der Waals surface area contributed by atoms with Gasteiger partial charge in [0.2, 0.25) is 0 Å². The second kappa shape index (κ2) is 7.72. The first kappa shape index (κ1) is 14.6. The highest BCUT2D eigenvalue weighted by Crippen LogP contribution is 2.37. The zero-order chi connectivity index (χ0) is 13.4. The van der Waals surface area contributed by atoms with E-state index in [9.17, 15) is 0 Å². The summed E-state index contributed by atoms with van der Waals surface area (Å²) in [7, 11) is 0. The van der Waals surface area contributed by atoms with E-state index < -0.39 is 0 Å². The molecule has 0 fully saturated rings. The molecule has 0 aromatic heterocycles. The van der Waals surface area contributed by atoms with Crippen molar-refractivity contribution in [3.63, 3.8) is 0 Å². The second-order valence-electron chi connectivity index (χ2n) is 5.47. The molecule has 0 spiro atoms. The molecule has 1 aromatic carbocycles. The summed E-state index contributed by atoms with van der Waals surface area (Å²) in [5, 5.41) is 0. The predicted molar refractivity (Wildman–Crippen MR) is 81.5 cm³/mol. The van der Waals surface area contributed by atoms with Gasteiger partial charge in [-0.05, 0) is 43.1 Å². The zero-order valence-electron chi connectivity index (χ0n) is 11.5. The van der Waals surface area contributed by atoms with E-state index in [1.807, 2.05) is 6.07 Å². The second-order valence-corrected chi connectivity index (χ2v) is 5.74. The topological polar surface area (TPSA) is 9.23 Å². The SMILES string of the molecule is ClCC1(CCOCc2ccccc2)CCC=CCC1. The van der Waals surface area contributed by atoms with Gasteiger partial charge < -0.3 is 4.74 Å². The van der Waals surface area contributed by atoms with E-state index in [1.54, 1.807) is 0 Å². The molecular weight excluding hydrogens is 256 g/mol. The fraction of sp³-hybridized carbons (Fsp3) is 0.529. The van der Waals surface area contributed by atoms with Crippen molar-refractivity contribution in [3.05, 3.63) is 48.0 Å². The van der Waals surface area contributed by atoms with Crippen molar-refractivity contribution >= 4 is 11.6 Å². The van der Waals surface area contributed by atoms with E-state index in [0.29, 0.717) is 6.61 Å². The number of benzene rings is 1. The van der Waals surface area contributed by atoms with Crippen LogP contribution in [-0.2, 0) is 11.3 Å². The number of hydrogen-bond acceptors (Lipinski definition) is 1. The van der Waals surface area contributed by atoms with Crippen LogP contribution in [-0.4, -0.2) is 12.5 Å². The molecule has 1 nitrogen and oxygen atoms in total. The first-order chi connectivity index (χ1) is 9.35. The molecule has 0 bridgehead atoms. The Kier molecular flexibility index (Phi) is 5.93. The first-order valence-corrected chi connectivity index (χ1v) is 7.71. The minimum atomic E-state index is 0.280. The van der Waals surface area contributed by atoms with Crippen molar-refractivity contribution in [2.45, 2.75) is 38.7 Å². The van der Waals surface area contributed by atoms with Crippen LogP contribution in [0.3, 0.4) is 0 Å². The molecule has 1 aromatic rings. The van der Waals surface area contributed by atoms with Gasteiger partial charge in [0.05, 0.1) is 6.61 Å². The van der Waals surface area contributed by atoms with E-state index >= 15 is 0 Å². The maximum Gasteiger partial charge on any atom is 0.0716 e. The summed E-state index contributed by atoms with van der Waals surface area (Å²) in [6.07, 6.45) is 10.4. The molecule has 104 valence electrons. The summed E-state index contributed by atoms with van der Waals surface area (Å²) in [5.74, 6) is 0.753. The van der Waals surface area contributed by atoms with Gasteiger partial charge in [-0.2, -0.15) is 0 Å². The van der Waals surface area contributed by atoms with Gasteiger partial charge in [-0.15, -0.1) is 11.6 Å². The molecule has 0 saturated heterocycles. The van der Waals surface area contributed by atoms with E-state index in [4.69, 9.17) is 16.3 Å². The van der Waals surface area contributed by atoms with Gasteiger partial charge in [0.25, 0.3) is 0 Å². The quantitative estimate of drug-likeness (QED) is 0.406. The lowest BCUT2D eigenvalue weighted by Gasteiger charge is -2.30. The van der Waals surface area contributed by atoms with Gasteiger partial charge in [-0.1, -0.05) is 42.5 Å². The standard InChI is InChI=1S/C17H23ClO/c18-15-17(10-6-1-2-7-11-17)12-13-19-14-16-8-4-3-5-9-16/h1-5,8-9H,6-7,10-15H2. The van der Waals surface area contributed by atoms with Crippen LogP contribution in [0.5, 0.6) is 0 Å². The highest BCUT2D eigenvalue weighted by molar-refractivity contribution is 6.18. The van der Waals surface area contributed by atoms with Crippen LogP contribution in [0.1, 0.15) is 37.7 Å². The van der Waals surface area contributed by atoms with E-state index in [2.05, 4.69) is 36.4 Å². The minimum Gasteiger partial charge on any atom is -0.377 e. The van der Waals surface area contributed by atoms with Crippen LogP contribution >= 0.6 is 11.6 Å². The molecule has 0 unspecified atom stereocenters. The van der Waals surface area contributed by atoms with Gasteiger partial charge in [0.15, 0.2) is 0 Å². The summed E-state index contributed by atoms with van der Waals surface area (Å²) in [5.41, 5.74) is 1.52. The lowest BCUT2D eigenvalue weighted by Crippen LogP contribution is -2.24. The van der Waals surface area contributed by atoms with E-state index in [0.717, 1.165) is 31.7 Å².